The smallest absolute Gasteiger partial charge is 0.243 e. The van der Waals surface area contributed by atoms with Crippen molar-refractivity contribution in [2.24, 2.45) is 11.8 Å². The Morgan fingerprint density at radius 3 is 1.93 bits per heavy atom. The number of rotatable bonds is 10. The summed E-state index contributed by atoms with van der Waals surface area (Å²) < 4.78 is 5.23. The minimum absolute atomic E-state index is 0.148. The van der Waals surface area contributed by atoms with E-state index in [0.29, 0.717) is 13.0 Å². The van der Waals surface area contributed by atoms with Crippen molar-refractivity contribution >= 4 is 23.5 Å². The van der Waals surface area contributed by atoms with Crippen LogP contribution in [0.4, 0.5) is 0 Å². The summed E-state index contributed by atoms with van der Waals surface area (Å²) in [5.74, 6) is -1.34. The summed E-state index contributed by atoms with van der Waals surface area (Å²) in [6, 6.07) is -2.25. The maximum Gasteiger partial charge on any atom is 0.243 e. The highest BCUT2D eigenvalue weighted by Crippen LogP contribution is 2.29. The summed E-state index contributed by atoms with van der Waals surface area (Å²) in [4.78, 5) is 48.9. The van der Waals surface area contributed by atoms with E-state index in [-0.39, 0.29) is 23.5 Å². The molecule has 1 fully saturated rings. The van der Waals surface area contributed by atoms with Gasteiger partial charge in [-0.1, -0.05) is 27.7 Å². The molecular formula is C19H33N3O5. The van der Waals surface area contributed by atoms with Crippen LogP contribution >= 0.6 is 0 Å². The lowest BCUT2D eigenvalue weighted by Crippen LogP contribution is -2.57. The first-order valence-electron chi connectivity index (χ1n) is 9.43. The van der Waals surface area contributed by atoms with Crippen molar-refractivity contribution in [3.05, 3.63) is 0 Å². The lowest BCUT2D eigenvalue weighted by Gasteiger charge is -2.27. The number of hydrogen-bond donors (Lipinski definition) is 3. The van der Waals surface area contributed by atoms with Crippen molar-refractivity contribution in [3.63, 3.8) is 0 Å². The quantitative estimate of drug-likeness (QED) is 0.476. The van der Waals surface area contributed by atoms with Gasteiger partial charge in [0.25, 0.3) is 0 Å². The fraction of sp³-hybridized carbons (Fsp3) is 0.789. The minimum atomic E-state index is -0.830. The van der Waals surface area contributed by atoms with Crippen molar-refractivity contribution < 1.29 is 23.9 Å². The Kier molecular flexibility index (Phi) is 7.95. The van der Waals surface area contributed by atoms with Gasteiger partial charge in [-0.25, -0.2) is 0 Å². The molecule has 27 heavy (non-hydrogen) atoms. The van der Waals surface area contributed by atoms with E-state index in [1.54, 1.807) is 27.7 Å². The van der Waals surface area contributed by atoms with Crippen LogP contribution in [0.25, 0.3) is 0 Å². The fourth-order valence-electron chi connectivity index (χ4n) is 2.77. The second kappa shape index (κ2) is 9.30. The predicted octanol–water partition coefficient (Wildman–Crippen LogP) is 0.541. The third-order valence-electron chi connectivity index (χ3n) is 4.50. The SMILES string of the molecule is CC(=O)N[C@@H](C)C(=O)N[C@H](C(=O)N[C@@H](CC(C)C)C(=O)C1(C)CO1)C(C)C. The molecule has 0 aromatic carbocycles. The van der Waals surface area contributed by atoms with Gasteiger partial charge in [0.1, 0.15) is 17.7 Å². The normalized spacial score (nSPS) is 22.0. The average Bonchev–Trinajstić information content (AvgIpc) is 3.28. The average molecular weight is 383 g/mol. The molecule has 1 heterocycles. The Bertz CT molecular complexity index is 584. The third kappa shape index (κ3) is 6.93. The number of ketones is 1. The van der Waals surface area contributed by atoms with E-state index < -0.39 is 35.5 Å². The molecule has 1 unspecified atom stereocenters. The molecule has 3 N–H and O–H groups in total. The molecule has 1 rings (SSSR count). The van der Waals surface area contributed by atoms with E-state index in [9.17, 15) is 19.2 Å². The van der Waals surface area contributed by atoms with Crippen LogP contribution in [-0.4, -0.2) is 53.8 Å². The van der Waals surface area contributed by atoms with Crippen molar-refractivity contribution in [1.82, 2.24) is 16.0 Å². The lowest BCUT2D eigenvalue weighted by atomic mass is 9.92. The van der Waals surface area contributed by atoms with Gasteiger partial charge in [0.15, 0.2) is 5.78 Å². The van der Waals surface area contributed by atoms with Gasteiger partial charge in [0.2, 0.25) is 17.7 Å². The molecule has 1 saturated heterocycles. The molecule has 0 spiro atoms. The van der Waals surface area contributed by atoms with Crippen LogP contribution in [0.3, 0.4) is 0 Å². The van der Waals surface area contributed by atoms with Crippen LogP contribution in [-0.2, 0) is 23.9 Å². The zero-order valence-electron chi connectivity index (χ0n) is 17.3. The second-order valence-corrected chi connectivity index (χ2v) is 8.23. The summed E-state index contributed by atoms with van der Waals surface area (Å²) in [6.07, 6.45) is 0.491. The van der Waals surface area contributed by atoms with Gasteiger partial charge in [0.05, 0.1) is 12.6 Å². The van der Waals surface area contributed by atoms with Crippen LogP contribution in [0.2, 0.25) is 0 Å². The monoisotopic (exact) mass is 383 g/mol. The lowest BCUT2D eigenvalue weighted by molar-refractivity contribution is -0.134. The Morgan fingerprint density at radius 2 is 1.52 bits per heavy atom. The highest BCUT2D eigenvalue weighted by atomic mass is 16.6. The highest BCUT2D eigenvalue weighted by Gasteiger charge is 2.50. The number of Topliss-reactive ketones (excluding diaryl/α,β-unsaturated/α-hetero) is 1. The number of hydrogen-bond acceptors (Lipinski definition) is 5. The summed E-state index contributed by atoms with van der Waals surface area (Å²) in [5.41, 5.74) is -0.830. The molecule has 0 aliphatic carbocycles. The van der Waals surface area contributed by atoms with Gasteiger partial charge in [-0.3, -0.25) is 19.2 Å². The van der Waals surface area contributed by atoms with E-state index in [1.165, 1.54) is 6.92 Å². The summed E-state index contributed by atoms with van der Waals surface area (Å²) in [6.45, 7) is 12.5. The molecule has 1 aliphatic rings. The maximum absolute atomic E-state index is 12.8. The van der Waals surface area contributed by atoms with Crippen LogP contribution in [0, 0.1) is 11.8 Å². The van der Waals surface area contributed by atoms with Crippen LogP contribution in [0.1, 0.15) is 54.9 Å². The van der Waals surface area contributed by atoms with Gasteiger partial charge < -0.3 is 20.7 Å². The fourth-order valence-corrected chi connectivity index (χ4v) is 2.77. The first-order valence-corrected chi connectivity index (χ1v) is 9.43. The molecule has 4 atom stereocenters. The van der Waals surface area contributed by atoms with Crippen molar-refractivity contribution in [1.29, 1.82) is 0 Å². The Hall–Kier alpha value is -1.96. The highest BCUT2D eigenvalue weighted by molar-refractivity contribution is 5.98. The second-order valence-electron chi connectivity index (χ2n) is 8.23. The number of amides is 3. The van der Waals surface area contributed by atoms with Gasteiger partial charge in [0, 0.05) is 6.92 Å². The molecule has 0 aromatic heterocycles. The van der Waals surface area contributed by atoms with E-state index >= 15 is 0 Å². The molecule has 3 amide bonds. The topological polar surface area (TPSA) is 117 Å². The molecule has 0 bridgehead atoms. The van der Waals surface area contributed by atoms with Crippen molar-refractivity contribution in [3.8, 4) is 0 Å². The van der Waals surface area contributed by atoms with E-state index in [2.05, 4.69) is 16.0 Å². The Balaban J connectivity index is 2.83. The third-order valence-corrected chi connectivity index (χ3v) is 4.50. The number of carbonyl (C=O) groups excluding carboxylic acids is 4. The molecule has 154 valence electrons. The summed E-state index contributed by atoms with van der Waals surface area (Å²) in [7, 11) is 0. The Morgan fingerprint density at radius 1 is 0.963 bits per heavy atom. The van der Waals surface area contributed by atoms with Gasteiger partial charge in [-0.2, -0.15) is 0 Å². The van der Waals surface area contributed by atoms with Crippen molar-refractivity contribution in [2.75, 3.05) is 6.61 Å². The first kappa shape index (κ1) is 23.1. The van der Waals surface area contributed by atoms with Gasteiger partial charge in [-0.05, 0) is 32.1 Å². The number of ether oxygens (including phenoxy) is 1. The molecular weight excluding hydrogens is 350 g/mol. The number of epoxide rings is 1. The summed E-state index contributed by atoms with van der Waals surface area (Å²) in [5, 5.41) is 7.94. The van der Waals surface area contributed by atoms with Crippen LogP contribution < -0.4 is 16.0 Å². The van der Waals surface area contributed by atoms with Gasteiger partial charge in [-0.15, -0.1) is 0 Å². The largest absolute Gasteiger partial charge is 0.361 e. The van der Waals surface area contributed by atoms with E-state index in [0.717, 1.165) is 0 Å². The number of nitrogens with one attached hydrogen (secondary N) is 3. The predicted molar refractivity (Wildman–Crippen MR) is 101 cm³/mol. The van der Waals surface area contributed by atoms with Crippen LogP contribution in [0.15, 0.2) is 0 Å². The molecule has 8 nitrogen and oxygen atoms in total. The molecule has 0 saturated carbocycles. The van der Waals surface area contributed by atoms with E-state index in [1.807, 2.05) is 13.8 Å². The minimum Gasteiger partial charge on any atom is -0.361 e. The molecule has 8 heteroatoms. The van der Waals surface area contributed by atoms with Crippen molar-refractivity contribution in [2.45, 2.75) is 78.6 Å². The zero-order valence-corrected chi connectivity index (χ0v) is 17.3. The van der Waals surface area contributed by atoms with E-state index in [4.69, 9.17) is 4.74 Å². The van der Waals surface area contributed by atoms with Gasteiger partial charge >= 0.3 is 0 Å². The van der Waals surface area contributed by atoms with Crippen LogP contribution in [0.5, 0.6) is 0 Å². The summed E-state index contributed by atoms with van der Waals surface area (Å²) >= 11 is 0. The Labute approximate surface area is 161 Å². The maximum atomic E-state index is 12.8. The number of carbonyl (C=O) groups is 4. The molecule has 0 aromatic rings. The first-order chi connectivity index (χ1) is 12.4. The zero-order chi connectivity index (χ0) is 20.9. The molecule has 1 aliphatic heterocycles. The standard InChI is InChI=1S/C19H33N3O5/c1-10(2)8-14(16(24)19(7)9-27-19)21-18(26)15(11(3)4)22-17(25)12(5)20-13(6)23/h10-12,14-15H,8-9H2,1-7H3,(H,20,23)(H,21,26)(H,22,25)/t12-,14-,15-,19?/m0/s1. The molecule has 0 radical (unpaired) electrons.